The Morgan fingerprint density at radius 1 is 1.00 bits per heavy atom. The predicted octanol–water partition coefficient (Wildman–Crippen LogP) is 5.26. The van der Waals surface area contributed by atoms with Crippen LogP contribution in [0.2, 0.25) is 0 Å². The van der Waals surface area contributed by atoms with Crippen molar-refractivity contribution in [3.63, 3.8) is 0 Å². The van der Waals surface area contributed by atoms with E-state index >= 15 is 0 Å². The SMILES string of the molecule is CN(Cc1ccc(F)cc1)c1cc(-c2cccc(C(O)C(F)(F)F)c2)cc2nonc12. The molecule has 31 heavy (non-hydrogen) atoms. The molecule has 1 heterocycles. The van der Waals surface area contributed by atoms with Gasteiger partial charge in [0.15, 0.2) is 11.6 Å². The van der Waals surface area contributed by atoms with Crippen molar-refractivity contribution in [1.29, 1.82) is 0 Å². The molecule has 0 amide bonds. The van der Waals surface area contributed by atoms with E-state index in [1.807, 2.05) is 4.90 Å². The van der Waals surface area contributed by atoms with Crippen molar-refractivity contribution < 1.29 is 27.3 Å². The molecule has 0 radical (unpaired) electrons. The quantitative estimate of drug-likeness (QED) is 0.437. The molecule has 4 rings (SSSR count). The lowest BCUT2D eigenvalue weighted by molar-refractivity contribution is -0.206. The first-order valence-electron chi connectivity index (χ1n) is 9.29. The monoisotopic (exact) mass is 431 g/mol. The Bertz CT molecular complexity index is 1210. The number of nitrogens with zero attached hydrogens (tertiary/aromatic N) is 3. The zero-order valence-electron chi connectivity index (χ0n) is 16.3. The van der Waals surface area contributed by atoms with Crippen LogP contribution < -0.4 is 4.90 Å². The maximum absolute atomic E-state index is 13.2. The molecule has 3 aromatic carbocycles. The summed E-state index contributed by atoms with van der Waals surface area (Å²) in [6.45, 7) is 0.429. The number of aliphatic hydroxyl groups excluding tert-OH is 1. The van der Waals surface area contributed by atoms with Gasteiger partial charge in [-0.3, -0.25) is 0 Å². The molecule has 1 aromatic heterocycles. The number of fused-ring (bicyclic) bond motifs is 1. The summed E-state index contributed by atoms with van der Waals surface area (Å²) in [4.78, 5) is 1.86. The fourth-order valence-electron chi connectivity index (χ4n) is 3.36. The topological polar surface area (TPSA) is 62.4 Å². The summed E-state index contributed by atoms with van der Waals surface area (Å²) in [6.07, 6.45) is -7.34. The normalized spacial score (nSPS) is 12.8. The van der Waals surface area contributed by atoms with Gasteiger partial charge in [-0.05, 0) is 62.9 Å². The molecule has 0 aliphatic rings. The lowest BCUT2D eigenvalue weighted by atomic mass is 9.99. The molecule has 0 aliphatic heterocycles. The van der Waals surface area contributed by atoms with Crippen LogP contribution in [-0.2, 0) is 6.54 Å². The Morgan fingerprint density at radius 3 is 2.45 bits per heavy atom. The largest absolute Gasteiger partial charge is 0.418 e. The summed E-state index contributed by atoms with van der Waals surface area (Å²) >= 11 is 0. The molecule has 1 atom stereocenters. The molecule has 0 aliphatic carbocycles. The summed E-state index contributed by atoms with van der Waals surface area (Å²) in [7, 11) is 1.81. The van der Waals surface area contributed by atoms with Crippen LogP contribution >= 0.6 is 0 Å². The number of rotatable bonds is 5. The average molecular weight is 431 g/mol. The van der Waals surface area contributed by atoms with Gasteiger partial charge in [0.1, 0.15) is 11.3 Å². The summed E-state index contributed by atoms with van der Waals surface area (Å²) in [5.41, 5.74) is 3.21. The van der Waals surface area contributed by atoms with Crippen molar-refractivity contribution in [3.8, 4) is 11.1 Å². The van der Waals surface area contributed by atoms with Gasteiger partial charge < -0.3 is 10.0 Å². The minimum absolute atomic E-state index is 0.260. The summed E-state index contributed by atoms with van der Waals surface area (Å²) in [6, 6.07) is 15.1. The molecule has 0 bridgehead atoms. The Morgan fingerprint density at radius 2 is 1.74 bits per heavy atom. The predicted molar refractivity (Wildman–Crippen MR) is 107 cm³/mol. The van der Waals surface area contributed by atoms with E-state index in [2.05, 4.69) is 10.3 Å². The Labute approximate surface area is 174 Å². The van der Waals surface area contributed by atoms with E-state index in [1.54, 1.807) is 37.4 Å². The maximum atomic E-state index is 13.2. The minimum atomic E-state index is -4.76. The molecule has 0 saturated heterocycles. The van der Waals surface area contributed by atoms with Gasteiger partial charge in [-0.2, -0.15) is 13.2 Å². The van der Waals surface area contributed by atoms with Gasteiger partial charge in [0.05, 0.1) is 5.69 Å². The van der Waals surface area contributed by atoms with Gasteiger partial charge in [-0.1, -0.05) is 30.3 Å². The number of halogens is 4. The van der Waals surface area contributed by atoms with Crippen molar-refractivity contribution in [2.45, 2.75) is 18.8 Å². The number of aliphatic hydroxyl groups is 1. The number of aromatic nitrogens is 2. The van der Waals surface area contributed by atoms with Gasteiger partial charge in [0.25, 0.3) is 0 Å². The second-order valence-electron chi connectivity index (χ2n) is 7.18. The molecule has 160 valence electrons. The highest BCUT2D eigenvalue weighted by atomic mass is 19.4. The van der Waals surface area contributed by atoms with E-state index in [0.717, 1.165) is 5.56 Å². The highest BCUT2D eigenvalue weighted by Crippen LogP contribution is 2.36. The molecule has 0 fully saturated rings. The van der Waals surface area contributed by atoms with Gasteiger partial charge in [0.2, 0.25) is 0 Å². The third kappa shape index (κ3) is 4.36. The highest BCUT2D eigenvalue weighted by Gasteiger charge is 2.39. The minimum Gasteiger partial charge on any atom is -0.379 e. The van der Waals surface area contributed by atoms with Crippen LogP contribution in [0.25, 0.3) is 22.2 Å². The molecule has 0 spiro atoms. The second-order valence-corrected chi connectivity index (χ2v) is 7.18. The summed E-state index contributed by atoms with van der Waals surface area (Å²) < 4.78 is 56.8. The van der Waals surface area contributed by atoms with Gasteiger partial charge in [-0.25, -0.2) is 9.02 Å². The second kappa shape index (κ2) is 7.99. The average Bonchev–Trinajstić information content (AvgIpc) is 3.22. The lowest BCUT2D eigenvalue weighted by Gasteiger charge is -2.21. The van der Waals surface area contributed by atoms with E-state index in [4.69, 9.17) is 4.63 Å². The van der Waals surface area contributed by atoms with Gasteiger partial charge in [-0.15, -0.1) is 0 Å². The maximum Gasteiger partial charge on any atom is 0.418 e. The number of anilines is 1. The number of hydrogen-bond acceptors (Lipinski definition) is 5. The molecule has 5 nitrogen and oxygen atoms in total. The first-order valence-corrected chi connectivity index (χ1v) is 9.29. The van der Waals surface area contributed by atoms with Crippen LogP contribution in [0.3, 0.4) is 0 Å². The molecule has 1 unspecified atom stereocenters. The molecular formula is C22H17F4N3O2. The number of benzene rings is 3. The van der Waals surface area contributed by atoms with Crippen LogP contribution in [0.5, 0.6) is 0 Å². The van der Waals surface area contributed by atoms with Gasteiger partial charge >= 0.3 is 6.18 Å². The standard InChI is InChI=1S/C22H17F4N3O2/c1-29(12-13-5-7-17(23)8-6-13)19-11-16(10-18-20(19)28-31-27-18)14-3-2-4-15(9-14)21(30)22(24,25)26/h2-11,21,30H,12H2,1H3. The molecule has 4 aromatic rings. The van der Waals surface area contributed by atoms with Crippen molar-refractivity contribution in [1.82, 2.24) is 10.3 Å². The van der Waals surface area contributed by atoms with Crippen LogP contribution in [0.4, 0.5) is 23.2 Å². The highest BCUT2D eigenvalue weighted by molar-refractivity contribution is 5.92. The van der Waals surface area contributed by atoms with E-state index in [-0.39, 0.29) is 11.4 Å². The lowest BCUT2D eigenvalue weighted by Crippen LogP contribution is -2.20. The Kier molecular flexibility index (Phi) is 5.36. The first kappa shape index (κ1) is 20.8. The third-order valence-corrected chi connectivity index (χ3v) is 4.93. The van der Waals surface area contributed by atoms with Crippen LogP contribution in [0.15, 0.2) is 65.3 Å². The molecular weight excluding hydrogens is 414 g/mol. The van der Waals surface area contributed by atoms with Crippen LogP contribution in [0, 0.1) is 5.82 Å². The fourth-order valence-corrected chi connectivity index (χ4v) is 3.36. The van der Waals surface area contributed by atoms with E-state index in [0.29, 0.717) is 34.4 Å². The molecule has 9 heteroatoms. The zero-order chi connectivity index (χ0) is 22.2. The number of alkyl halides is 3. The first-order chi connectivity index (χ1) is 14.7. The van der Waals surface area contributed by atoms with Crippen LogP contribution in [0.1, 0.15) is 17.2 Å². The smallest absolute Gasteiger partial charge is 0.379 e. The van der Waals surface area contributed by atoms with Crippen molar-refractivity contribution >= 4 is 16.7 Å². The van der Waals surface area contributed by atoms with Crippen molar-refractivity contribution in [2.75, 3.05) is 11.9 Å². The number of hydrogen-bond donors (Lipinski definition) is 1. The van der Waals surface area contributed by atoms with Crippen LogP contribution in [-0.4, -0.2) is 28.6 Å². The van der Waals surface area contributed by atoms with E-state index < -0.39 is 12.3 Å². The van der Waals surface area contributed by atoms with Crippen molar-refractivity contribution in [2.24, 2.45) is 0 Å². The Balaban J connectivity index is 1.73. The fraction of sp³-hybridized carbons (Fsp3) is 0.182. The summed E-state index contributed by atoms with van der Waals surface area (Å²) in [5, 5.41) is 17.4. The van der Waals surface area contributed by atoms with Gasteiger partial charge in [0, 0.05) is 13.6 Å². The van der Waals surface area contributed by atoms with E-state index in [1.165, 1.54) is 30.3 Å². The summed E-state index contributed by atoms with van der Waals surface area (Å²) in [5.74, 6) is -0.336. The zero-order valence-corrected chi connectivity index (χ0v) is 16.3. The Hall–Kier alpha value is -3.46. The molecule has 0 saturated carbocycles. The molecule has 1 N–H and O–H groups in total. The third-order valence-electron chi connectivity index (χ3n) is 4.93. The van der Waals surface area contributed by atoms with E-state index in [9.17, 15) is 22.7 Å². The van der Waals surface area contributed by atoms with Crippen molar-refractivity contribution in [3.05, 3.63) is 77.6 Å².